The molecule has 1 aromatic rings. The minimum Gasteiger partial charge on any atom is -0.253 e. The maximum atomic E-state index is 4.14. The minimum atomic E-state index is 0.753. The first-order valence-corrected chi connectivity index (χ1v) is 7.15. The Bertz CT molecular complexity index is 260. The van der Waals surface area contributed by atoms with E-state index in [0.717, 1.165) is 10.7 Å². The molecule has 0 aliphatic heterocycles. The van der Waals surface area contributed by atoms with Gasteiger partial charge in [-0.1, -0.05) is 35.2 Å². The maximum Gasteiger partial charge on any atom is 0.0794 e. The molecular weight excluding hydrogens is 258 g/mol. The Morgan fingerprint density at radius 1 is 1.43 bits per heavy atom. The number of rotatable bonds is 2. The molecule has 0 radical (unpaired) electrons. The average molecular weight is 274 g/mol. The Balaban J connectivity index is 1.90. The topological polar surface area (TPSA) is 12.9 Å². The molecule has 78 valence electrons. The number of aromatic nitrogens is 1. The zero-order valence-corrected chi connectivity index (χ0v) is 10.7. The lowest BCUT2D eigenvalue weighted by Crippen LogP contribution is -2.07. The van der Waals surface area contributed by atoms with Crippen LogP contribution in [0.2, 0.25) is 0 Å². The molecule has 2 atom stereocenters. The van der Waals surface area contributed by atoms with Crippen molar-refractivity contribution in [2.24, 2.45) is 5.92 Å². The van der Waals surface area contributed by atoms with E-state index in [1.54, 1.807) is 11.3 Å². The van der Waals surface area contributed by atoms with Crippen molar-refractivity contribution in [3.05, 3.63) is 16.6 Å². The Morgan fingerprint density at radius 2 is 2.29 bits per heavy atom. The molecule has 1 aromatic heterocycles. The molecule has 2 rings (SSSR count). The van der Waals surface area contributed by atoms with Crippen LogP contribution in [0, 0.1) is 5.92 Å². The predicted octanol–water partition coefficient (Wildman–Crippen LogP) is 4.03. The van der Waals surface area contributed by atoms with Crippen molar-refractivity contribution in [1.82, 2.24) is 4.98 Å². The molecule has 3 heteroatoms. The third-order valence-corrected chi connectivity index (χ3v) is 4.58. The van der Waals surface area contributed by atoms with Crippen molar-refractivity contribution < 1.29 is 0 Å². The van der Waals surface area contributed by atoms with E-state index >= 15 is 0 Å². The summed E-state index contributed by atoms with van der Waals surface area (Å²) in [5.41, 5.74) is 1.94. The molecule has 0 bridgehead atoms. The van der Waals surface area contributed by atoms with E-state index in [0.29, 0.717) is 0 Å². The van der Waals surface area contributed by atoms with Crippen LogP contribution in [0.1, 0.15) is 37.0 Å². The van der Waals surface area contributed by atoms with Crippen LogP contribution >= 0.6 is 27.3 Å². The highest BCUT2D eigenvalue weighted by atomic mass is 79.9. The van der Waals surface area contributed by atoms with Gasteiger partial charge in [0.1, 0.15) is 0 Å². The fourth-order valence-corrected chi connectivity index (χ4v) is 3.77. The monoisotopic (exact) mass is 273 g/mol. The quantitative estimate of drug-likeness (QED) is 0.586. The first-order chi connectivity index (χ1) is 6.84. The normalized spacial score (nSPS) is 28.6. The zero-order chi connectivity index (χ0) is 9.80. The van der Waals surface area contributed by atoms with E-state index in [2.05, 4.69) is 20.9 Å². The van der Waals surface area contributed by atoms with Crippen LogP contribution in [-0.4, -0.2) is 9.81 Å². The summed E-state index contributed by atoms with van der Waals surface area (Å²) in [5, 5.41) is 0. The van der Waals surface area contributed by atoms with Gasteiger partial charge in [0.25, 0.3) is 0 Å². The molecule has 2 unspecified atom stereocenters. The molecule has 1 aliphatic carbocycles. The van der Waals surface area contributed by atoms with Gasteiger partial charge < -0.3 is 0 Å². The highest BCUT2D eigenvalue weighted by Gasteiger charge is 2.18. The third-order valence-electron chi connectivity index (χ3n) is 2.94. The second kappa shape index (κ2) is 5.26. The lowest BCUT2D eigenvalue weighted by atomic mass is 9.96. The van der Waals surface area contributed by atoms with Crippen LogP contribution in [0.5, 0.6) is 0 Å². The molecule has 14 heavy (non-hydrogen) atoms. The largest absolute Gasteiger partial charge is 0.253 e. The summed E-state index contributed by atoms with van der Waals surface area (Å²) in [6.07, 6.45) is 10.2. The summed E-state index contributed by atoms with van der Waals surface area (Å²) in [6, 6.07) is 0. The van der Waals surface area contributed by atoms with Gasteiger partial charge in [-0.3, -0.25) is 4.98 Å². The number of halogens is 1. The van der Waals surface area contributed by atoms with Crippen molar-refractivity contribution in [2.75, 3.05) is 0 Å². The average Bonchev–Trinajstić information content (AvgIpc) is 2.56. The van der Waals surface area contributed by atoms with Gasteiger partial charge in [0.2, 0.25) is 0 Å². The molecule has 1 fully saturated rings. The van der Waals surface area contributed by atoms with Crippen LogP contribution in [0.3, 0.4) is 0 Å². The highest BCUT2D eigenvalue weighted by molar-refractivity contribution is 9.09. The number of hydrogen-bond donors (Lipinski definition) is 0. The number of alkyl halides is 1. The summed E-state index contributed by atoms with van der Waals surface area (Å²) in [6.45, 7) is 0. The summed E-state index contributed by atoms with van der Waals surface area (Å²) < 4.78 is 0. The minimum absolute atomic E-state index is 0.753. The van der Waals surface area contributed by atoms with E-state index in [9.17, 15) is 0 Å². The standard InChI is InChI=1S/C11H16BrNS/c12-10-4-2-1-3-9(5-10)6-11-7-13-8-14-11/h7-10H,1-6H2. The number of thiazole rings is 1. The first kappa shape index (κ1) is 10.6. The van der Waals surface area contributed by atoms with Gasteiger partial charge in [0.05, 0.1) is 5.51 Å². The summed E-state index contributed by atoms with van der Waals surface area (Å²) in [4.78, 5) is 6.34. The van der Waals surface area contributed by atoms with Gasteiger partial charge in [-0.05, 0) is 25.2 Å². The maximum absolute atomic E-state index is 4.14. The summed E-state index contributed by atoms with van der Waals surface area (Å²) in [5.74, 6) is 0.877. The molecule has 0 aromatic carbocycles. The molecular formula is C11H16BrNS. The van der Waals surface area contributed by atoms with Crippen molar-refractivity contribution in [3.63, 3.8) is 0 Å². The molecule has 1 saturated carbocycles. The van der Waals surface area contributed by atoms with E-state index in [1.807, 2.05) is 11.7 Å². The van der Waals surface area contributed by atoms with Gasteiger partial charge >= 0.3 is 0 Å². The van der Waals surface area contributed by atoms with Crippen LogP contribution < -0.4 is 0 Å². The van der Waals surface area contributed by atoms with E-state index < -0.39 is 0 Å². The smallest absolute Gasteiger partial charge is 0.0794 e. The molecule has 1 nitrogen and oxygen atoms in total. The molecule has 0 saturated heterocycles. The molecule has 0 spiro atoms. The van der Waals surface area contributed by atoms with Gasteiger partial charge in [-0.2, -0.15) is 0 Å². The lowest BCUT2D eigenvalue weighted by molar-refractivity contribution is 0.466. The second-order valence-electron chi connectivity index (χ2n) is 4.16. The van der Waals surface area contributed by atoms with Crippen molar-refractivity contribution >= 4 is 27.3 Å². The number of nitrogens with zero attached hydrogens (tertiary/aromatic N) is 1. The third kappa shape index (κ3) is 3.06. The van der Waals surface area contributed by atoms with E-state index in [4.69, 9.17) is 0 Å². The van der Waals surface area contributed by atoms with Crippen molar-refractivity contribution in [2.45, 2.75) is 43.4 Å². The summed E-state index contributed by atoms with van der Waals surface area (Å²) in [7, 11) is 0. The second-order valence-corrected chi connectivity index (χ2v) is 6.42. The lowest BCUT2D eigenvalue weighted by Gasteiger charge is -2.14. The van der Waals surface area contributed by atoms with Crippen LogP contribution in [0.15, 0.2) is 11.7 Å². The fourth-order valence-electron chi connectivity index (χ4n) is 2.21. The van der Waals surface area contributed by atoms with Gasteiger partial charge in [-0.15, -0.1) is 11.3 Å². The van der Waals surface area contributed by atoms with Crippen LogP contribution in [-0.2, 0) is 6.42 Å². The van der Waals surface area contributed by atoms with Gasteiger partial charge in [0, 0.05) is 15.9 Å². The molecule has 0 amide bonds. The Labute approximate surface area is 98.1 Å². The fraction of sp³-hybridized carbons (Fsp3) is 0.727. The molecule has 0 N–H and O–H groups in total. The van der Waals surface area contributed by atoms with Crippen LogP contribution in [0.4, 0.5) is 0 Å². The zero-order valence-electron chi connectivity index (χ0n) is 8.29. The SMILES string of the molecule is BrC1CCCCC(Cc2cncs2)C1. The molecule has 1 aliphatic rings. The predicted molar refractivity (Wildman–Crippen MR) is 65.1 cm³/mol. The summed E-state index contributed by atoms with van der Waals surface area (Å²) >= 11 is 5.57. The first-order valence-electron chi connectivity index (χ1n) is 5.36. The Morgan fingerprint density at radius 3 is 3.07 bits per heavy atom. The number of hydrogen-bond acceptors (Lipinski definition) is 2. The molecule has 1 heterocycles. The Kier molecular flexibility index (Phi) is 3.99. The van der Waals surface area contributed by atoms with E-state index in [-0.39, 0.29) is 0 Å². The van der Waals surface area contributed by atoms with Crippen molar-refractivity contribution in [1.29, 1.82) is 0 Å². The van der Waals surface area contributed by atoms with Gasteiger partial charge in [-0.25, -0.2) is 0 Å². The van der Waals surface area contributed by atoms with Crippen molar-refractivity contribution in [3.8, 4) is 0 Å². The Hall–Kier alpha value is 0.110. The van der Waals surface area contributed by atoms with E-state index in [1.165, 1.54) is 43.4 Å². The highest BCUT2D eigenvalue weighted by Crippen LogP contribution is 2.30. The van der Waals surface area contributed by atoms with Crippen LogP contribution in [0.25, 0.3) is 0 Å². The van der Waals surface area contributed by atoms with Gasteiger partial charge in [0.15, 0.2) is 0 Å².